The van der Waals surface area contributed by atoms with Crippen molar-refractivity contribution in [2.45, 2.75) is 44.7 Å². The molecule has 0 saturated carbocycles. The molecule has 184 valence electrons. The van der Waals surface area contributed by atoms with Crippen LogP contribution in [-0.2, 0) is 16.0 Å². The molecule has 0 aliphatic carbocycles. The van der Waals surface area contributed by atoms with E-state index in [4.69, 9.17) is 5.73 Å². The van der Waals surface area contributed by atoms with Crippen molar-refractivity contribution in [2.75, 3.05) is 0 Å². The summed E-state index contributed by atoms with van der Waals surface area (Å²) in [6.07, 6.45) is -0.117. The second-order valence-corrected chi connectivity index (χ2v) is 9.90. The molecule has 3 N–H and O–H groups in total. The number of rotatable bonds is 10. The SMILES string of the molecule is CC(C)(Cc1ccc(F)cc1)N(C(=O)c1ccc(-c2ccc(F)cc2)s1)[C@@H](CCC(N)=O)C(=O)O. The molecule has 0 aliphatic heterocycles. The number of carbonyl (C=O) groups is 3. The van der Waals surface area contributed by atoms with E-state index in [1.165, 1.54) is 29.2 Å². The van der Waals surface area contributed by atoms with E-state index in [9.17, 15) is 28.3 Å². The van der Waals surface area contributed by atoms with Gasteiger partial charge in [0, 0.05) is 16.8 Å². The Kier molecular flexibility index (Phi) is 8.01. The molecule has 0 bridgehead atoms. The number of primary amides is 1. The van der Waals surface area contributed by atoms with E-state index < -0.39 is 35.2 Å². The Morgan fingerprint density at radius 2 is 1.54 bits per heavy atom. The van der Waals surface area contributed by atoms with E-state index in [0.717, 1.165) is 16.9 Å². The second kappa shape index (κ2) is 10.8. The van der Waals surface area contributed by atoms with Crippen molar-refractivity contribution in [3.8, 4) is 10.4 Å². The summed E-state index contributed by atoms with van der Waals surface area (Å²) in [6.45, 7) is 3.45. The zero-order chi connectivity index (χ0) is 25.8. The van der Waals surface area contributed by atoms with E-state index in [-0.39, 0.29) is 25.1 Å². The maximum absolute atomic E-state index is 13.8. The predicted octanol–water partition coefficient (Wildman–Crippen LogP) is 4.88. The molecule has 0 spiro atoms. The van der Waals surface area contributed by atoms with Crippen molar-refractivity contribution >= 4 is 29.1 Å². The lowest BCUT2D eigenvalue weighted by Crippen LogP contribution is -2.57. The molecule has 9 heteroatoms. The minimum Gasteiger partial charge on any atom is -0.480 e. The first-order valence-corrected chi connectivity index (χ1v) is 11.7. The monoisotopic (exact) mass is 500 g/mol. The third kappa shape index (κ3) is 6.51. The van der Waals surface area contributed by atoms with Crippen molar-refractivity contribution < 1.29 is 28.3 Å². The van der Waals surface area contributed by atoms with Crippen LogP contribution in [0.4, 0.5) is 8.78 Å². The highest BCUT2D eigenvalue weighted by atomic mass is 32.1. The van der Waals surface area contributed by atoms with Crippen LogP contribution in [-0.4, -0.2) is 39.4 Å². The number of hydrogen-bond acceptors (Lipinski definition) is 4. The third-order valence-electron chi connectivity index (χ3n) is 5.63. The van der Waals surface area contributed by atoms with Gasteiger partial charge in [0.25, 0.3) is 5.91 Å². The molecule has 2 aromatic carbocycles. The van der Waals surface area contributed by atoms with E-state index in [2.05, 4.69) is 0 Å². The largest absolute Gasteiger partial charge is 0.480 e. The Morgan fingerprint density at radius 1 is 0.971 bits per heavy atom. The molecule has 0 saturated heterocycles. The van der Waals surface area contributed by atoms with Gasteiger partial charge in [-0.15, -0.1) is 11.3 Å². The molecule has 1 atom stereocenters. The van der Waals surface area contributed by atoms with E-state index >= 15 is 0 Å². The average Bonchev–Trinajstić information content (AvgIpc) is 3.28. The standard InChI is InChI=1S/C26H26F2N2O4S/c1-26(2,15-16-3-7-18(27)8-4-16)30(20(25(33)34)11-14-23(29)31)24(32)22-13-12-21(35-22)17-5-9-19(28)10-6-17/h3-10,12-13,20H,11,14-15H2,1-2H3,(H2,29,31)(H,33,34)/t20-/m0/s1. The van der Waals surface area contributed by atoms with Gasteiger partial charge < -0.3 is 15.7 Å². The number of amides is 2. The zero-order valence-corrected chi connectivity index (χ0v) is 20.1. The molecule has 35 heavy (non-hydrogen) atoms. The van der Waals surface area contributed by atoms with Gasteiger partial charge in [0.2, 0.25) is 5.91 Å². The maximum Gasteiger partial charge on any atom is 0.326 e. The van der Waals surface area contributed by atoms with E-state index in [0.29, 0.717) is 15.3 Å². The highest BCUT2D eigenvalue weighted by Crippen LogP contribution is 2.33. The molecule has 0 radical (unpaired) electrons. The van der Waals surface area contributed by atoms with Crippen LogP contribution in [0, 0.1) is 11.6 Å². The van der Waals surface area contributed by atoms with Crippen LogP contribution in [0.25, 0.3) is 10.4 Å². The van der Waals surface area contributed by atoms with Crippen LogP contribution >= 0.6 is 11.3 Å². The topological polar surface area (TPSA) is 101 Å². The van der Waals surface area contributed by atoms with Gasteiger partial charge in [-0.2, -0.15) is 0 Å². The van der Waals surface area contributed by atoms with Gasteiger partial charge in [0.1, 0.15) is 17.7 Å². The van der Waals surface area contributed by atoms with Crippen LogP contribution in [0.5, 0.6) is 0 Å². The van der Waals surface area contributed by atoms with Crippen molar-refractivity contribution in [1.82, 2.24) is 4.90 Å². The third-order valence-corrected chi connectivity index (χ3v) is 6.75. The van der Waals surface area contributed by atoms with E-state index in [1.807, 2.05) is 0 Å². The first-order chi connectivity index (χ1) is 16.5. The van der Waals surface area contributed by atoms with Gasteiger partial charge in [0.05, 0.1) is 4.88 Å². The number of aliphatic carboxylic acids is 1. The summed E-state index contributed by atoms with van der Waals surface area (Å²) in [7, 11) is 0. The lowest BCUT2D eigenvalue weighted by Gasteiger charge is -2.42. The summed E-state index contributed by atoms with van der Waals surface area (Å²) in [4.78, 5) is 39.7. The minimum atomic E-state index is -1.32. The van der Waals surface area contributed by atoms with Crippen molar-refractivity contribution in [3.63, 3.8) is 0 Å². The summed E-state index contributed by atoms with van der Waals surface area (Å²) < 4.78 is 26.7. The number of nitrogens with two attached hydrogens (primary N) is 1. The maximum atomic E-state index is 13.8. The molecule has 3 rings (SSSR count). The molecule has 1 heterocycles. The Morgan fingerprint density at radius 3 is 2.09 bits per heavy atom. The normalized spacial score (nSPS) is 12.2. The number of halogens is 2. The zero-order valence-electron chi connectivity index (χ0n) is 19.3. The Labute approximate surface area is 206 Å². The number of carboxylic acid groups (broad SMARTS) is 1. The summed E-state index contributed by atoms with van der Waals surface area (Å²) in [5.41, 5.74) is 5.67. The van der Waals surface area contributed by atoms with E-state index in [1.54, 1.807) is 50.2 Å². The number of thiophene rings is 1. The highest BCUT2D eigenvalue weighted by Gasteiger charge is 2.41. The van der Waals surface area contributed by atoms with Crippen LogP contribution in [0.2, 0.25) is 0 Å². The number of nitrogens with zero attached hydrogens (tertiary/aromatic N) is 1. The van der Waals surface area contributed by atoms with Crippen LogP contribution in [0.1, 0.15) is 41.9 Å². The molecule has 0 unspecified atom stereocenters. The smallest absolute Gasteiger partial charge is 0.326 e. The molecule has 6 nitrogen and oxygen atoms in total. The van der Waals surface area contributed by atoms with Crippen molar-refractivity contribution in [2.24, 2.45) is 5.73 Å². The molecular weight excluding hydrogens is 474 g/mol. The molecule has 2 amide bonds. The lowest BCUT2D eigenvalue weighted by molar-refractivity contribution is -0.144. The van der Waals surface area contributed by atoms with Gasteiger partial charge in [-0.05, 0) is 74.2 Å². The van der Waals surface area contributed by atoms with Gasteiger partial charge in [-0.1, -0.05) is 24.3 Å². The number of carboxylic acids is 1. The van der Waals surface area contributed by atoms with Gasteiger partial charge >= 0.3 is 5.97 Å². The lowest BCUT2D eigenvalue weighted by atomic mass is 9.90. The van der Waals surface area contributed by atoms with Gasteiger partial charge in [-0.3, -0.25) is 9.59 Å². The summed E-state index contributed by atoms with van der Waals surface area (Å²) >= 11 is 1.16. The molecular formula is C26H26F2N2O4S. The Hall–Kier alpha value is -3.59. The second-order valence-electron chi connectivity index (χ2n) is 8.82. The first-order valence-electron chi connectivity index (χ1n) is 10.9. The quantitative estimate of drug-likeness (QED) is 0.415. The molecule has 0 fully saturated rings. The van der Waals surface area contributed by atoms with Gasteiger partial charge in [-0.25, -0.2) is 13.6 Å². The highest BCUT2D eigenvalue weighted by molar-refractivity contribution is 7.17. The first kappa shape index (κ1) is 26.0. The van der Waals surface area contributed by atoms with Crippen molar-refractivity contribution in [1.29, 1.82) is 0 Å². The fourth-order valence-electron chi connectivity index (χ4n) is 4.01. The fourth-order valence-corrected chi connectivity index (χ4v) is 4.96. The minimum absolute atomic E-state index is 0.153. The molecule has 3 aromatic rings. The van der Waals surface area contributed by atoms with Crippen molar-refractivity contribution in [3.05, 3.63) is 82.7 Å². The van der Waals surface area contributed by atoms with Crippen LogP contribution in [0.15, 0.2) is 60.7 Å². The number of benzene rings is 2. The number of hydrogen-bond donors (Lipinski definition) is 2. The average molecular weight is 501 g/mol. The summed E-state index contributed by atoms with van der Waals surface area (Å²) in [5.74, 6) is -3.24. The Bertz CT molecular complexity index is 1210. The van der Waals surface area contributed by atoms with Crippen LogP contribution in [0.3, 0.4) is 0 Å². The van der Waals surface area contributed by atoms with Gasteiger partial charge in [0.15, 0.2) is 0 Å². The summed E-state index contributed by atoms with van der Waals surface area (Å²) in [6, 6.07) is 13.6. The molecule has 1 aromatic heterocycles. The fraction of sp³-hybridized carbons (Fsp3) is 0.269. The Balaban J connectivity index is 2.00. The summed E-state index contributed by atoms with van der Waals surface area (Å²) in [5, 5.41) is 10.00. The predicted molar refractivity (Wildman–Crippen MR) is 130 cm³/mol. The number of carbonyl (C=O) groups excluding carboxylic acids is 2. The van der Waals surface area contributed by atoms with Crippen LogP contribution < -0.4 is 5.73 Å². The molecule has 0 aliphatic rings.